The van der Waals surface area contributed by atoms with Crippen LogP contribution >= 0.6 is 0 Å². The molecule has 0 saturated carbocycles. The molecule has 1 aromatic carbocycles. The molecule has 2 amide bonds. The third-order valence-corrected chi connectivity index (χ3v) is 12.6. The first-order chi connectivity index (χ1) is 17.7. The van der Waals surface area contributed by atoms with Gasteiger partial charge < -0.3 is 18.6 Å². The number of nitrogens with zero attached hydrogens (tertiary/aromatic N) is 1. The standard InChI is InChI=1S/C28H39NO8Si/c1-10-13-36-27(33)26(32)29-23(22(25(29)31)16(2)37-38(8,9)28(3,4)5)18-12-11-17-14-20(34-6)21(35-7)15-19(17)24(18)30/h10,14-16,18,22-23H,1,11-13H2,2-9H3/t16-,18-,22-,23-/m1/s1. The molecule has 208 valence electrons. The second kappa shape index (κ2) is 11.0. The van der Waals surface area contributed by atoms with Gasteiger partial charge in [0.1, 0.15) is 6.61 Å². The monoisotopic (exact) mass is 545 g/mol. The van der Waals surface area contributed by atoms with Crippen molar-refractivity contribution in [3.05, 3.63) is 35.9 Å². The van der Waals surface area contributed by atoms with E-state index in [4.69, 9.17) is 18.6 Å². The van der Waals surface area contributed by atoms with Crippen LogP contribution < -0.4 is 9.47 Å². The normalized spacial score (nSPS) is 22.2. The van der Waals surface area contributed by atoms with Crippen LogP contribution in [0.3, 0.4) is 0 Å². The van der Waals surface area contributed by atoms with Crippen LogP contribution in [0.2, 0.25) is 18.1 Å². The molecule has 2 aliphatic rings. The number of aryl methyl sites for hydroxylation is 1. The number of fused-ring (bicyclic) bond motifs is 1. The largest absolute Gasteiger partial charge is 0.493 e. The molecule has 0 spiro atoms. The molecule has 9 nitrogen and oxygen atoms in total. The number of hydrogen-bond acceptors (Lipinski definition) is 8. The quantitative estimate of drug-likeness (QED) is 0.159. The van der Waals surface area contributed by atoms with Crippen molar-refractivity contribution in [1.82, 2.24) is 4.90 Å². The van der Waals surface area contributed by atoms with Gasteiger partial charge in [-0.1, -0.05) is 33.4 Å². The SMILES string of the molecule is C=CCOC(=O)C(=O)N1C(=O)[C@H]([C@@H](C)O[Si](C)(C)C(C)(C)C)[C@H]1[C@H]1CCc2cc(OC)c(OC)cc2C1=O. The van der Waals surface area contributed by atoms with E-state index in [0.717, 1.165) is 10.5 Å². The molecule has 3 rings (SSSR count). The highest BCUT2D eigenvalue weighted by Crippen LogP contribution is 2.45. The lowest BCUT2D eigenvalue weighted by Crippen LogP contribution is -2.71. The van der Waals surface area contributed by atoms with Gasteiger partial charge in [0.2, 0.25) is 5.91 Å². The Morgan fingerprint density at radius 1 is 1.16 bits per heavy atom. The summed E-state index contributed by atoms with van der Waals surface area (Å²) >= 11 is 0. The lowest BCUT2D eigenvalue weighted by molar-refractivity contribution is -0.181. The Bertz CT molecular complexity index is 1140. The summed E-state index contributed by atoms with van der Waals surface area (Å²) < 4.78 is 22.2. The Balaban J connectivity index is 2.00. The summed E-state index contributed by atoms with van der Waals surface area (Å²) in [6.07, 6.45) is 1.71. The summed E-state index contributed by atoms with van der Waals surface area (Å²) in [4.78, 5) is 53.6. The minimum Gasteiger partial charge on any atom is -0.493 e. The van der Waals surface area contributed by atoms with E-state index in [1.807, 2.05) is 6.92 Å². The van der Waals surface area contributed by atoms with Crippen LogP contribution in [0.4, 0.5) is 0 Å². The highest BCUT2D eigenvalue weighted by atomic mass is 28.4. The van der Waals surface area contributed by atoms with Crippen LogP contribution in [0.1, 0.15) is 50.0 Å². The molecule has 10 heteroatoms. The number of ketones is 1. The number of carbonyl (C=O) groups is 4. The van der Waals surface area contributed by atoms with Crippen molar-refractivity contribution in [1.29, 1.82) is 0 Å². The maximum absolute atomic E-state index is 13.8. The van der Waals surface area contributed by atoms with Crippen LogP contribution in [0.5, 0.6) is 11.5 Å². The van der Waals surface area contributed by atoms with Gasteiger partial charge in [0.15, 0.2) is 25.6 Å². The van der Waals surface area contributed by atoms with Crippen molar-refractivity contribution < 1.29 is 37.8 Å². The van der Waals surface area contributed by atoms with Gasteiger partial charge in [0.25, 0.3) is 0 Å². The number of benzene rings is 1. The highest BCUT2D eigenvalue weighted by Gasteiger charge is 2.60. The van der Waals surface area contributed by atoms with Gasteiger partial charge in [-0.3, -0.25) is 19.3 Å². The van der Waals surface area contributed by atoms with Gasteiger partial charge >= 0.3 is 11.9 Å². The summed E-state index contributed by atoms with van der Waals surface area (Å²) in [5.41, 5.74) is 1.26. The third-order valence-electron chi connectivity index (χ3n) is 8.06. The molecule has 1 aliphatic carbocycles. The van der Waals surface area contributed by atoms with Crippen molar-refractivity contribution in [2.24, 2.45) is 11.8 Å². The van der Waals surface area contributed by atoms with Crippen molar-refractivity contribution in [3.8, 4) is 11.5 Å². The fourth-order valence-electron chi connectivity index (χ4n) is 5.01. The van der Waals surface area contributed by atoms with Crippen molar-refractivity contribution in [2.75, 3.05) is 20.8 Å². The zero-order chi connectivity index (χ0) is 28.6. The third kappa shape index (κ3) is 5.29. The van der Waals surface area contributed by atoms with Gasteiger partial charge in [0.05, 0.1) is 32.3 Å². The van der Waals surface area contributed by atoms with Gasteiger partial charge in [0, 0.05) is 11.5 Å². The molecule has 1 saturated heterocycles. The molecule has 38 heavy (non-hydrogen) atoms. The smallest absolute Gasteiger partial charge is 0.397 e. The first kappa shape index (κ1) is 29.6. The number of methoxy groups -OCH3 is 2. The summed E-state index contributed by atoms with van der Waals surface area (Å²) in [5.74, 6) is -3.51. The summed E-state index contributed by atoms with van der Waals surface area (Å²) in [5, 5.41) is -0.108. The van der Waals surface area contributed by atoms with E-state index in [-0.39, 0.29) is 17.4 Å². The fraction of sp³-hybridized carbons (Fsp3) is 0.571. The van der Waals surface area contributed by atoms with Crippen LogP contribution in [0.15, 0.2) is 24.8 Å². The Kier molecular flexibility index (Phi) is 8.57. The zero-order valence-corrected chi connectivity index (χ0v) is 24.6. The maximum Gasteiger partial charge on any atom is 0.397 e. The molecule has 0 N–H and O–H groups in total. The Hall–Kier alpha value is -2.98. The minimum absolute atomic E-state index is 0.108. The molecular weight excluding hydrogens is 506 g/mol. The van der Waals surface area contributed by atoms with Crippen LogP contribution in [-0.4, -0.2) is 69.8 Å². The molecule has 4 atom stereocenters. The Labute approximate surface area is 225 Å². The van der Waals surface area contributed by atoms with Crippen LogP contribution in [0.25, 0.3) is 0 Å². The van der Waals surface area contributed by atoms with Gasteiger partial charge in [-0.15, -0.1) is 0 Å². The molecule has 0 radical (unpaired) electrons. The molecule has 0 unspecified atom stereocenters. The molecule has 1 heterocycles. The fourth-order valence-corrected chi connectivity index (χ4v) is 6.44. The lowest BCUT2D eigenvalue weighted by atomic mass is 9.69. The zero-order valence-electron chi connectivity index (χ0n) is 23.6. The van der Waals surface area contributed by atoms with Gasteiger partial charge in [-0.2, -0.15) is 0 Å². The number of carbonyl (C=O) groups excluding carboxylic acids is 4. The minimum atomic E-state index is -2.28. The number of Topliss-reactive ketones (excluding diaryl/α,β-unsaturated/α-hetero) is 1. The molecule has 1 aromatic rings. The predicted molar refractivity (Wildman–Crippen MR) is 144 cm³/mol. The number of ether oxygens (including phenoxy) is 3. The number of esters is 1. The van der Waals surface area contributed by atoms with Crippen molar-refractivity contribution >= 4 is 31.9 Å². The van der Waals surface area contributed by atoms with E-state index in [1.165, 1.54) is 20.3 Å². The summed E-state index contributed by atoms with van der Waals surface area (Å²) in [6, 6.07) is 2.59. The maximum atomic E-state index is 13.8. The molecular formula is C28H39NO8Si. The van der Waals surface area contributed by atoms with Crippen LogP contribution in [0, 0.1) is 11.8 Å². The van der Waals surface area contributed by atoms with Gasteiger partial charge in [-0.05, 0) is 55.6 Å². The Morgan fingerprint density at radius 2 is 1.76 bits per heavy atom. The van der Waals surface area contributed by atoms with E-state index in [9.17, 15) is 19.2 Å². The molecule has 0 bridgehead atoms. The molecule has 1 aliphatic heterocycles. The Morgan fingerprint density at radius 3 is 2.32 bits per heavy atom. The number of imide groups is 1. The molecule has 1 fully saturated rings. The molecule has 0 aromatic heterocycles. The van der Waals surface area contributed by atoms with E-state index in [1.54, 1.807) is 12.1 Å². The summed E-state index contributed by atoms with van der Waals surface area (Å²) in [7, 11) is 0.738. The number of β-lactam (4-membered cyclic amide) rings is 1. The predicted octanol–water partition coefficient (Wildman–Crippen LogP) is 3.94. The number of rotatable bonds is 8. The highest BCUT2D eigenvalue weighted by molar-refractivity contribution is 6.74. The van der Waals surface area contributed by atoms with Crippen molar-refractivity contribution in [2.45, 2.75) is 70.8 Å². The van der Waals surface area contributed by atoms with Crippen molar-refractivity contribution in [3.63, 3.8) is 0 Å². The number of hydrogen-bond donors (Lipinski definition) is 0. The van der Waals surface area contributed by atoms with E-state index in [2.05, 4.69) is 40.4 Å². The van der Waals surface area contributed by atoms with E-state index < -0.39 is 50.1 Å². The number of likely N-dealkylation sites (tertiary alicyclic amines) is 1. The average molecular weight is 546 g/mol. The second-order valence-electron chi connectivity index (χ2n) is 11.4. The number of amides is 2. The van der Waals surface area contributed by atoms with Crippen LogP contribution in [-0.2, 0) is 30.0 Å². The first-order valence-corrected chi connectivity index (χ1v) is 15.7. The first-order valence-electron chi connectivity index (χ1n) is 12.8. The topological polar surface area (TPSA) is 108 Å². The average Bonchev–Trinajstić information content (AvgIpc) is 2.84. The second-order valence-corrected chi connectivity index (χ2v) is 16.1. The summed E-state index contributed by atoms with van der Waals surface area (Å²) in [6.45, 7) is 15.6. The van der Waals surface area contributed by atoms with E-state index in [0.29, 0.717) is 29.9 Å². The van der Waals surface area contributed by atoms with Gasteiger partial charge in [-0.25, -0.2) is 4.79 Å². The van der Waals surface area contributed by atoms with E-state index >= 15 is 0 Å². The lowest BCUT2D eigenvalue weighted by Gasteiger charge is -2.52.